The fourth-order valence-electron chi connectivity index (χ4n) is 1.06. The highest BCUT2D eigenvalue weighted by molar-refractivity contribution is 7.90. The lowest BCUT2D eigenvalue weighted by Gasteiger charge is -2.18. The van der Waals surface area contributed by atoms with Gasteiger partial charge >= 0.3 is 0 Å². The second-order valence-electron chi connectivity index (χ2n) is 3.35. The van der Waals surface area contributed by atoms with Crippen LogP contribution in [-0.4, -0.2) is 44.0 Å². The van der Waals surface area contributed by atoms with Crippen LogP contribution in [0.3, 0.4) is 0 Å². The number of hydrogen-bond acceptors (Lipinski definition) is 6. The molecule has 0 bridgehead atoms. The molecule has 0 unspecified atom stereocenters. The molecule has 1 aromatic rings. The Balaban J connectivity index is 2.70. The summed E-state index contributed by atoms with van der Waals surface area (Å²) in [5.74, 6) is 0.626. The maximum Gasteiger partial charge on any atom is 0.155 e. The molecule has 1 aromatic heterocycles. The molecular formula is C8H14N4O2S. The lowest BCUT2D eigenvalue weighted by molar-refractivity contribution is 0.601. The van der Waals surface area contributed by atoms with Crippen molar-refractivity contribution in [2.45, 2.75) is 0 Å². The molecule has 0 aromatic carbocycles. The van der Waals surface area contributed by atoms with Crippen LogP contribution in [0.5, 0.6) is 0 Å². The molecule has 0 saturated carbocycles. The van der Waals surface area contributed by atoms with E-state index in [4.69, 9.17) is 5.73 Å². The van der Waals surface area contributed by atoms with E-state index in [1.54, 1.807) is 11.9 Å². The third kappa shape index (κ3) is 3.70. The zero-order valence-electron chi connectivity index (χ0n) is 8.71. The van der Waals surface area contributed by atoms with Crippen molar-refractivity contribution in [3.63, 3.8) is 0 Å². The molecule has 0 aliphatic rings. The SMILES string of the molecule is CN(CCS(C)(=O)=O)c1ncncc1N. The third-order valence-electron chi connectivity index (χ3n) is 1.88. The van der Waals surface area contributed by atoms with Gasteiger partial charge in [-0.3, -0.25) is 0 Å². The van der Waals surface area contributed by atoms with E-state index in [1.807, 2.05) is 0 Å². The highest BCUT2D eigenvalue weighted by atomic mass is 32.2. The third-order valence-corrected chi connectivity index (χ3v) is 2.80. The quantitative estimate of drug-likeness (QED) is 0.753. The van der Waals surface area contributed by atoms with Gasteiger partial charge in [0.2, 0.25) is 0 Å². The second-order valence-corrected chi connectivity index (χ2v) is 5.61. The van der Waals surface area contributed by atoms with Crippen LogP contribution >= 0.6 is 0 Å². The maximum atomic E-state index is 11.0. The van der Waals surface area contributed by atoms with Gasteiger partial charge in [-0.1, -0.05) is 0 Å². The summed E-state index contributed by atoms with van der Waals surface area (Å²) < 4.78 is 21.9. The van der Waals surface area contributed by atoms with Gasteiger partial charge in [0.1, 0.15) is 16.2 Å². The standard InChI is InChI=1S/C8H14N4O2S/c1-12(3-4-15(2,13)14)8-7(9)5-10-6-11-8/h5-6H,3-4,9H2,1-2H3. The molecule has 6 nitrogen and oxygen atoms in total. The molecule has 1 heterocycles. The summed E-state index contributed by atoms with van der Waals surface area (Å²) in [5.41, 5.74) is 6.08. The highest BCUT2D eigenvalue weighted by Gasteiger charge is 2.09. The van der Waals surface area contributed by atoms with Gasteiger partial charge in [-0.2, -0.15) is 0 Å². The van der Waals surface area contributed by atoms with E-state index >= 15 is 0 Å². The number of nitrogens with zero attached hydrogens (tertiary/aromatic N) is 3. The number of nitrogens with two attached hydrogens (primary N) is 1. The van der Waals surface area contributed by atoms with Crippen molar-refractivity contribution in [1.29, 1.82) is 0 Å². The molecule has 1 rings (SSSR count). The molecule has 0 fully saturated rings. The van der Waals surface area contributed by atoms with Crippen LogP contribution in [0, 0.1) is 0 Å². The number of nitrogen functional groups attached to an aromatic ring is 1. The van der Waals surface area contributed by atoms with Crippen molar-refractivity contribution in [2.75, 3.05) is 36.2 Å². The summed E-state index contributed by atoms with van der Waals surface area (Å²) >= 11 is 0. The van der Waals surface area contributed by atoms with Crippen LogP contribution in [0.1, 0.15) is 0 Å². The first-order chi connectivity index (χ1) is 6.90. The minimum absolute atomic E-state index is 0.0763. The Bertz CT molecular complexity index is 432. The van der Waals surface area contributed by atoms with E-state index in [1.165, 1.54) is 18.8 Å². The van der Waals surface area contributed by atoms with Crippen molar-refractivity contribution >= 4 is 21.3 Å². The fourth-order valence-corrected chi connectivity index (χ4v) is 1.67. The van der Waals surface area contributed by atoms with Crippen molar-refractivity contribution in [2.24, 2.45) is 0 Å². The number of rotatable bonds is 4. The molecule has 0 amide bonds. The number of anilines is 2. The lowest BCUT2D eigenvalue weighted by atomic mass is 10.4. The summed E-state index contributed by atoms with van der Waals surface area (Å²) in [7, 11) is -1.23. The van der Waals surface area contributed by atoms with Gasteiger partial charge < -0.3 is 10.6 Å². The van der Waals surface area contributed by atoms with Gasteiger partial charge in [-0.15, -0.1) is 0 Å². The zero-order chi connectivity index (χ0) is 11.5. The number of aromatic nitrogens is 2. The molecule has 0 aliphatic heterocycles. The predicted molar refractivity (Wildman–Crippen MR) is 59.4 cm³/mol. The van der Waals surface area contributed by atoms with Gasteiger partial charge in [0.05, 0.1) is 17.6 Å². The maximum absolute atomic E-state index is 11.0. The summed E-state index contributed by atoms with van der Waals surface area (Å²) in [4.78, 5) is 9.42. The number of hydrogen-bond donors (Lipinski definition) is 1. The first-order valence-corrected chi connectivity index (χ1v) is 6.40. The van der Waals surface area contributed by atoms with Gasteiger partial charge in [0.15, 0.2) is 5.82 Å². The Kier molecular flexibility index (Phi) is 3.46. The molecule has 0 atom stereocenters. The van der Waals surface area contributed by atoms with Gasteiger partial charge in [0, 0.05) is 19.8 Å². The molecule has 0 saturated heterocycles. The first-order valence-electron chi connectivity index (χ1n) is 4.34. The molecule has 15 heavy (non-hydrogen) atoms. The molecule has 0 radical (unpaired) electrons. The minimum atomic E-state index is -2.97. The summed E-state index contributed by atoms with van der Waals surface area (Å²) in [6, 6.07) is 0. The van der Waals surface area contributed by atoms with Gasteiger partial charge in [0.25, 0.3) is 0 Å². The molecule has 0 spiro atoms. The smallest absolute Gasteiger partial charge is 0.155 e. The van der Waals surface area contributed by atoms with Crippen LogP contribution in [0.2, 0.25) is 0 Å². The van der Waals surface area contributed by atoms with Crippen LogP contribution < -0.4 is 10.6 Å². The second kappa shape index (κ2) is 4.43. The van der Waals surface area contributed by atoms with E-state index in [0.29, 0.717) is 18.1 Å². The average Bonchev–Trinajstić information content (AvgIpc) is 2.14. The Morgan fingerprint density at radius 1 is 1.53 bits per heavy atom. The molecule has 84 valence electrons. The minimum Gasteiger partial charge on any atom is -0.394 e. The zero-order valence-corrected chi connectivity index (χ0v) is 9.53. The molecule has 0 aliphatic carbocycles. The average molecular weight is 230 g/mol. The molecule has 2 N–H and O–H groups in total. The monoisotopic (exact) mass is 230 g/mol. The van der Waals surface area contributed by atoms with E-state index < -0.39 is 9.84 Å². The van der Waals surface area contributed by atoms with Crippen LogP contribution in [0.25, 0.3) is 0 Å². The van der Waals surface area contributed by atoms with E-state index in [0.717, 1.165) is 0 Å². The van der Waals surface area contributed by atoms with Gasteiger partial charge in [-0.25, -0.2) is 18.4 Å². The van der Waals surface area contributed by atoms with Gasteiger partial charge in [-0.05, 0) is 0 Å². The van der Waals surface area contributed by atoms with Crippen LogP contribution in [-0.2, 0) is 9.84 Å². The lowest BCUT2D eigenvalue weighted by Crippen LogP contribution is -2.26. The van der Waals surface area contributed by atoms with Crippen molar-refractivity contribution in [1.82, 2.24) is 9.97 Å². The normalized spacial score (nSPS) is 11.3. The Hall–Kier alpha value is -1.37. The topological polar surface area (TPSA) is 89.2 Å². The Labute approximate surface area is 89.1 Å². The predicted octanol–water partition coefficient (Wildman–Crippen LogP) is -0.460. The van der Waals surface area contributed by atoms with Crippen molar-refractivity contribution < 1.29 is 8.42 Å². The number of sulfone groups is 1. The molecule has 7 heteroatoms. The van der Waals surface area contributed by atoms with Crippen LogP contribution in [0.4, 0.5) is 11.5 Å². The summed E-state index contributed by atoms with van der Waals surface area (Å²) in [6.07, 6.45) is 4.06. The van der Waals surface area contributed by atoms with Crippen LogP contribution in [0.15, 0.2) is 12.5 Å². The Morgan fingerprint density at radius 3 is 2.73 bits per heavy atom. The molecular weight excluding hydrogens is 216 g/mol. The first kappa shape index (κ1) is 11.7. The highest BCUT2D eigenvalue weighted by Crippen LogP contribution is 2.15. The summed E-state index contributed by atoms with van der Waals surface area (Å²) in [5, 5.41) is 0. The Morgan fingerprint density at radius 2 is 2.20 bits per heavy atom. The van der Waals surface area contributed by atoms with E-state index in [2.05, 4.69) is 9.97 Å². The van der Waals surface area contributed by atoms with E-state index in [-0.39, 0.29) is 5.75 Å². The van der Waals surface area contributed by atoms with E-state index in [9.17, 15) is 8.42 Å². The van der Waals surface area contributed by atoms with Crippen molar-refractivity contribution in [3.8, 4) is 0 Å². The summed E-state index contributed by atoms with van der Waals surface area (Å²) in [6.45, 7) is 0.361. The largest absolute Gasteiger partial charge is 0.394 e. The fraction of sp³-hybridized carbons (Fsp3) is 0.500. The van der Waals surface area contributed by atoms with Crippen molar-refractivity contribution in [3.05, 3.63) is 12.5 Å².